The molecule has 2 aromatic rings. The third kappa shape index (κ3) is 2.76. The summed E-state index contributed by atoms with van der Waals surface area (Å²) in [6.07, 6.45) is 3.18. The van der Waals surface area contributed by atoms with E-state index in [0.717, 1.165) is 24.9 Å². The third-order valence-electron chi connectivity index (χ3n) is 4.50. The fourth-order valence-electron chi connectivity index (χ4n) is 3.33. The molecular weight excluding hydrogens is 290 g/mol. The Morgan fingerprint density at radius 1 is 1.30 bits per heavy atom. The lowest BCUT2D eigenvalue weighted by molar-refractivity contribution is -0.384. The van der Waals surface area contributed by atoms with Gasteiger partial charge in [0.1, 0.15) is 6.07 Å². The number of fused-ring (bicyclic) bond motifs is 1. The number of aryl methyl sites for hydroxylation is 1. The van der Waals surface area contributed by atoms with Crippen molar-refractivity contribution in [1.82, 2.24) is 0 Å². The number of hydrogen-bond acceptors (Lipinski definition) is 4. The molecule has 116 valence electrons. The second-order valence-corrected chi connectivity index (χ2v) is 5.79. The molecule has 5 nitrogen and oxygen atoms in total. The molecule has 0 radical (unpaired) electrons. The molecule has 0 unspecified atom stereocenters. The van der Waals surface area contributed by atoms with Crippen LogP contribution in [0, 0.1) is 21.4 Å². The number of anilines is 1. The minimum Gasteiger partial charge on any atom is -0.366 e. The van der Waals surface area contributed by atoms with Crippen LogP contribution in [-0.2, 0) is 6.42 Å². The molecule has 0 saturated carbocycles. The molecule has 1 atom stereocenters. The second-order valence-electron chi connectivity index (χ2n) is 5.79. The van der Waals surface area contributed by atoms with E-state index in [-0.39, 0.29) is 11.7 Å². The van der Waals surface area contributed by atoms with E-state index in [1.807, 2.05) is 19.2 Å². The van der Waals surface area contributed by atoms with E-state index in [9.17, 15) is 15.4 Å². The fourth-order valence-corrected chi connectivity index (χ4v) is 3.33. The van der Waals surface area contributed by atoms with Gasteiger partial charge < -0.3 is 4.90 Å². The first-order valence-electron chi connectivity index (χ1n) is 7.61. The van der Waals surface area contributed by atoms with Crippen LogP contribution in [0.2, 0.25) is 0 Å². The van der Waals surface area contributed by atoms with Crippen molar-refractivity contribution < 1.29 is 4.92 Å². The van der Waals surface area contributed by atoms with Crippen LogP contribution < -0.4 is 4.90 Å². The molecule has 2 aromatic carbocycles. The van der Waals surface area contributed by atoms with Crippen molar-refractivity contribution in [3.8, 4) is 6.07 Å². The summed E-state index contributed by atoms with van der Waals surface area (Å²) in [5.41, 5.74) is 3.65. The molecule has 3 rings (SSSR count). The highest BCUT2D eigenvalue weighted by molar-refractivity contribution is 5.63. The summed E-state index contributed by atoms with van der Waals surface area (Å²) in [5, 5.41) is 20.3. The Balaban J connectivity index is 2.00. The molecule has 23 heavy (non-hydrogen) atoms. The molecule has 0 fully saturated rings. The highest BCUT2D eigenvalue weighted by atomic mass is 16.6. The standard InChI is InChI=1S/C18H17N3O2/c1-20(17-10-9-15(21(22)23)11-14(17)12-19)18-8-4-6-13-5-2-3-7-16(13)18/h2-3,5,7,9-11,18H,4,6,8H2,1H3/t18-/m1/s1. The predicted molar refractivity (Wildman–Crippen MR) is 88.3 cm³/mol. The van der Waals surface area contributed by atoms with E-state index in [1.165, 1.54) is 23.3 Å². The van der Waals surface area contributed by atoms with E-state index in [2.05, 4.69) is 23.1 Å². The monoisotopic (exact) mass is 307 g/mol. The Kier molecular flexibility index (Phi) is 3.98. The van der Waals surface area contributed by atoms with Crippen molar-refractivity contribution in [3.05, 3.63) is 69.3 Å². The van der Waals surface area contributed by atoms with Gasteiger partial charge in [0, 0.05) is 19.2 Å². The molecule has 0 aliphatic heterocycles. The summed E-state index contributed by atoms with van der Waals surface area (Å²) < 4.78 is 0. The minimum atomic E-state index is -0.472. The van der Waals surface area contributed by atoms with E-state index in [0.29, 0.717) is 5.56 Å². The Bertz CT molecular complexity index is 795. The van der Waals surface area contributed by atoms with Gasteiger partial charge in [-0.3, -0.25) is 10.1 Å². The van der Waals surface area contributed by atoms with Crippen molar-refractivity contribution in [3.63, 3.8) is 0 Å². The number of nitro groups is 1. The van der Waals surface area contributed by atoms with Crippen LogP contribution in [0.25, 0.3) is 0 Å². The summed E-state index contributed by atoms with van der Waals surface area (Å²) in [5.74, 6) is 0. The van der Waals surface area contributed by atoms with Gasteiger partial charge in [-0.05, 0) is 36.5 Å². The number of nitro benzene ring substituents is 1. The van der Waals surface area contributed by atoms with Crippen LogP contribution in [0.4, 0.5) is 11.4 Å². The van der Waals surface area contributed by atoms with Crippen molar-refractivity contribution >= 4 is 11.4 Å². The average Bonchev–Trinajstić information content (AvgIpc) is 2.60. The molecule has 0 amide bonds. The van der Waals surface area contributed by atoms with Crippen LogP contribution in [0.5, 0.6) is 0 Å². The average molecular weight is 307 g/mol. The lowest BCUT2D eigenvalue weighted by Crippen LogP contribution is -2.28. The van der Waals surface area contributed by atoms with Gasteiger partial charge in [0.2, 0.25) is 0 Å². The Hall–Kier alpha value is -2.87. The van der Waals surface area contributed by atoms with E-state index >= 15 is 0 Å². The Labute approximate surface area is 134 Å². The van der Waals surface area contributed by atoms with Gasteiger partial charge in [0.25, 0.3) is 5.69 Å². The van der Waals surface area contributed by atoms with Crippen LogP contribution >= 0.6 is 0 Å². The molecule has 5 heteroatoms. The van der Waals surface area contributed by atoms with Crippen LogP contribution in [0.3, 0.4) is 0 Å². The molecule has 0 bridgehead atoms. The number of benzene rings is 2. The Morgan fingerprint density at radius 2 is 2.09 bits per heavy atom. The van der Waals surface area contributed by atoms with Crippen LogP contribution in [0.1, 0.15) is 35.6 Å². The summed E-state index contributed by atoms with van der Waals surface area (Å²) in [6, 6.07) is 15.1. The first-order valence-corrected chi connectivity index (χ1v) is 7.61. The third-order valence-corrected chi connectivity index (χ3v) is 4.50. The number of nitrogens with zero attached hydrogens (tertiary/aromatic N) is 3. The minimum absolute atomic E-state index is 0.0530. The quantitative estimate of drug-likeness (QED) is 0.635. The van der Waals surface area contributed by atoms with Crippen molar-refractivity contribution in [1.29, 1.82) is 5.26 Å². The molecule has 0 aromatic heterocycles. The van der Waals surface area contributed by atoms with Crippen LogP contribution in [0.15, 0.2) is 42.5 Å². The summed E-state index contributed by atoms with van der Waals surface area (Å²) in [6.45, 7) is 0. The predicted octanol–water partition coefficient (Wildman–Crippen LogP) is 3.98. The summed E-state index contributed by atoms with van der Waals surface area (Å²) >= 11 is 0. The number of hydrogen-bond donors (Lipinski definition) is 0. The zero-order chi connectivity index (χ0) is 16.4. The van der Waals surface area contributed by atoms with Gasteiger partial charge in [-0.15, -0.1) is 0 Å². The van der Waals surface area contributed by atoms with E-state index in [1.54, 1.807) is 6.07 Å². The van der Waals surface area contributed by atoms with E-state index < -0.39 is 4.92 Å². The van der Waals surface area contributed by atoms with Crippen LogP contribution in [-0.4, -0.2) is 12.0 Å². The molecule has 0 N–H and O–H groups in total. The zero-order valence-electron chi connectivity index (χ0n) is 12.9. The smallest absolute Gasteiger partial charge is 0.270 e. The number of nitriles is 1. The number of non-ortho nitro benzene ring substituents is 1. The van der Waals surface area contributed by atoms with Crippen molar-refractivity contribution in [2.24, 2.45) is 0 Å². The van der Waals surface area contributed by atoms with Crippen molar-refractivity contribution in [2.75, 3.05) is 11.9 Å². The van der Waals surface area contributed by atoms with Crippen molar-refractivity contribution in [2.45, 2.75) is 25.3 Å². The SMILES string of the molecule is CN(c1ccc([N+](=O)[O-])cc1C#N)[C@@H]1CCCc2ccccc21. The number of rotatable bonds is 3. The molecule has 0 spiro atoms. The van der Waals surface area contributed by atoms with Gasteiger partial charge >= 0.3 is 0 Å². The van der Waals surface area contributed by atoms with Gasteiger partial charge in [-0.25, -0.2) is 0 Å². The maximum atomic E-state index is 10.9. The first-order chi connectivity index (χ1) is 11.1. The Morgan fingerprint density at radius 3 is 2.83 bits per heavy atom. The largest absolute Gasteiger partial charge is 0.366 e. The molecular formula is C18H17N3O2. The topological polar surface area (TPSA) is 70.2 Å². The summed E-state index contributed by atoms with van der Waals surface area (Å²) in [4.78, 5) is 12.5. The summed E-state index contributed by atoms with van der Waals surface area (Å²) in [7, 11) is 1.95. The lowest BCUT2D eigenvalue weighted by Gasteiger charge is -2.35. The molecule has 1 aliphatic rings. The zero-order valence-corrected chi connectivity index (χ0v) is 12.9. The molecule has 0 saturated heterocycles. The van der Waals surface area contributed by atoms with Gasteiger partial charge in [-0.1, -0.05) is 24.3 Å². The highest BCUT2D eigenvalue weighted by Gasteiger charge is 2.25. The highest BCUT2D eigenvalue weighted by Crippen LogP contribution is 2.37. The van der Waals surface area contributed by atoms with Gasteiger partial charge in [0.15, 0.2) is 0 Å². The normalized spacial score (nSPS) is 16.3. The second kappa shape index (κ2) is 6.09. The maximum Gasteiger partial charge on any atom is 0.270 e. The van der Waals surface area contributed by atoms with Gasteiger partial charge in [0.05, 0.1) is 22.2 Å². The first kappa shape index (κ1) is 15.0. The van der Waals surface area contributed by atoms with Gasteiger partial charge in [-0.2, -0.15) is 5.26 Å². The lowest BCUT2D eigenvalue weighted by atomic mass is 9.86. The fraction of sp³-hybridized carbons (Fsp3) is 0.278. The maximum absolute atomic E-state index is 10.9. The van der Waals surface area contributed by atoms with E-state index in [4.69, 9.17) is 0 Å². The molecule has 0 heterocycles. The molecule has 1 aliphatic carbocycles.